The van der Waals surface area contributed by atoms with Crippen LogP contribution in [0.15, 0.2) is 0 Å². The van der Waals surface area contributed by atoms with Crippen LogP contribution in [0.2, 0.25) is 0 Å². The second-order valence-electron chi connectivity index (χ2n) is 2.39. The maximum Gasteiger partial charge on any atom is -0.0195 e. The molecule has 1 aliphatic rings. The molecule has 1 rings (SSSR count). The third kappa shape index (κ3) is 3.03. The summed E-state index contributed by atoms with van der Waals surface area (Å²) in [6.07, 6.45) is 5.95. The van der Waals surface area contributed by atoms with Gasteiger partial charge in [-0.25, -0.2) is 0 Å². The van der Waals surface area contributed by atoms with Gasteiger partial charge < -0.3 is 5.73 Å². The largest absolute Gasteiger partial charge is 0.333 e. The summed E-state index contributed by atoms with van der Waals surface area (Å²) in [5.74, 6) is 1.05. The zero-order valence-electron chi connectivity index (χ0n) is 5.98. The van der Waals surface area contributed by atoms with E-state index in [1.54, 1.807) is 0 Å². The molecule has 0 aromatic carbocycles. The maximum absolute atomic E-state index is 4.50. The lowest BCUT2D eigenvalue weighted by Gasteiger charge is -1.91. The van der Waals surface area contributed by atoms with Gasteiger partial charge >= 0.3 is 0 Å². The van der Waals surface area contributed by atoms with Crippen molar-refractivity contribution in [2.45, 2.75) is 32.6 Å². The van der Waals surface area contributed by atoms with E-state index in [-0.39, 0.29) is 0 Å². The summed E-state index contributed by atoms with van der Waals surface area (Å²) in [7, 11) is 1.50. The molecule has 0 atom stereocenters. The van der Waals surface area contributed by atoms with E-state index in [0.717, 1.165) is 5.92 Å². The summed E-state index contributed by atoms with van der Waals surface area (Å²) in [5, 5.41) is 0. The molecule has 1 saturated carbocycles. The lowest BCUT2D eigenvalue weighted by molar-refractivity contribution is 0.612. The van der Waals surface area contributed by atoms with E-state index in [0.29, 0.717) is 0 Å². The molecule has 50 valence electrons. The average Bonchev–Trinajstić information content (AvgIpc) is 2.24. The van der Waals surface area contributed by atoms with Crippen molar-refractivity contribution >= 4 is 0 Å². The van der Waals surface area contributed by atoms with Gasteiger partial charge in [0.15, 0.2) is 0 Å². The first kappa shape index (κ1) is 7.96. The number of hydrogen-bond donors (Lipinski definition) is 1. The van der Waals surface area contributed by atoms with E-state index in [1.165, 1.54) is 32.7 Å². The first-order valence-corrected chi connectivity index (χ1v) is 3.47. The van der Waals surface area contributed by atoms with Crippen LogP contribution in [0.3, 0.4) is 0 Å². The van der Waals surface area contributed by atoms with Crippen molar-refractivity contribution in [3.05, 3.63) is 0 Å². The highest BCUT2D eigenvalue weighted by molar-refractivity contribution is 4.60. The molecule has 0 aliphatic heterocycles. The van der Waals surface area contributed by atoms with Gasteiger partial charge in [-0.05, 0) is 13.0 Å². The average molecular weight is 115 g/mol. The summed E-state index contributed by atoms with van der Waals surface area (Å²) >= 11 is 0. The van der Waals surface area contributed by atoms with Gasteiger partial charge in [0.1, 0.15) is 0 Å². The SMILES string of the molecule is CC1CCCC1.CN. The molecule has 0 heterocycles. The summed E-state index contributed by atoms with van der Waals surface area (Å²) in [5.41, 5.74) is 4.50. The van der Waals surface area contributed by atoms with Gasteiger partial charge in [-0.2, -0.15) is 0 Å². The van der Waals surface area contributed by atoms with Crippen molar-refractivity contribution in [3.8, 4) is 0 Å². The second-order valence-corrected chi connectivity index (χ2v) is 2.39. The van der Waals surface area contributed by atoms with Crippen molar-refractivity contribution < 1.29 is 0 Å². The molecule has 2 N–H and O–H groups in total. The van der Waals surface area contributed by atoms with Crippen LogP contribution in [0, 0.1) is 5.92 Å². The molecule has 0 bridgehead atoms. The van der Waals surface area contributed by atoms with Crippen molar-refractivity contribution in [1.82, 2.24) is 0 Å². The van der Waals surface area contributed by atoms with Gasteiger partial charge in [-0.3, -0.25) is 0 Å². The molecule has 0 aromatic rings. The molecule has 0 saturated heterocycles. The Morgan fingerprint density at radius 1 is 1.12 bits per heavy atom. The van der Waals surface area contributed by atoms with Crippen LogP contribution in [0.25, 0.3) is 0 Å². The van der Waals surface area contributed by atoms with Crippen LogP contribution < -0.4 is 5.73 Å². The molecule has 0 amide bonds. The van der Waals surface area contributed by atoms with E-state index in [4.69, 9.17) is 0 Å². The van der Waals surface area contributed by atoms with Crippen LogP contribution in [-0.2, 0) is 0 Å². The van der Waals surface area contributed by atoms with Gasteiger partial charge in [0.05, 0.1) is 0 Å². The van der Waals surface area contributed by atoms with Gasteiger partial charge in [0.25, 0.3) is 0 Å². The third-order valence-corrected chi connectivity index (χ3v) is 1.64. The predicted octanol–water partition coefficient (Wildman–Crippen LogP) is 1.77. The minimum atomic E-state index is 1.05. The molecule has 1 heteroatoms. The Hall–Kier alpha value is -0.0400. The smallest absolute Gasteiger partial charge is 0.0195 e. The monoisotopic (exact) mass is 115 g/mol. The van der Waals surface area contributed by atoms with Crippen molar-refractivity contribution in [1.29, 1.82) is 0 Å². The predicted molar refractivity (Wildman–Crippen MR) is 37.7 cm³/mol. The highest BCUT2D eigenvalue weighted by Crippen LogP contribution is 2.22. The molecule has 0 spiro atoms. The zero-order chi connectivity index (χ0) is 6.41. The van der Waals surface area contributed by atoms with E-state index < -0.39 is 0 Å². The van der Waals surface area contributed by atoms with Crippen LogP contribution >= 0.6 is 0 Å². The van der Waals surface area contributed by atoms with Gasteiger partial charge in [0.2, 0.25) is 0 Å². The summed E-state index contributed by atoms with van der Waals surface area (Å²) in [6, 6.07) is 0. The van der Waals surface area contributed by atoms with E-state index in [1.807, 2.05) is 0 Å². The van der Waals surface area contributed by atoms with Gasteiger partial charge in [-0.15, -0.1) is 0 Å². The zero-order valence-corrected chi connectivity index (χ0v) is 5.98. The molecule has 1 fully saturated rings. The fourth-order valence-corrected chi connectivity index (χ4v) is 1.13. The van der Waals surface area contributed by atoms with E-state index in [9.17, 15) is 0 Å². The van der Waals surface area contributed by atoms with Crippen molar-refractivity contribution in [3.63, 3.8) is 0 Å². The quantitative estimate of drug-likeness (QED) is 0.511. The molecule has 0 unspecified atom stereocenters. The Kier molecular flexibility index (Phi) is 5.08. The summed E-state index contributed by atoms with van der Waals surface area (Å²) in [6.45, 7) is 2.34. The second kappa shape index (κ2) is 5.10. The van der Waals surface area contributed by atoms with Gasteiger partial charge in [-0.1, -0.05) is 32.6 Å². The van der Waals surface area contributed by atoms with Gasteiger partial charge in [0, 0.05) is 0 Å². The molecule has 1 aliphatic carbocycles. The lowest BCUT2D eigenvalue weighted by atomic mass is 10.2. The van der Waals surface area contributed by atoms with Crippen LogP contribution in [0.5, 0.6) is 0 Å². The first-order chi connectivity index (χ1) is 3.89. The van der Waals surface area contributed by atoms with E-state index in [2.05, 4.69) is 12.7 Å². The maximum atomic E-state index is 4.50. The molecular formula is C7H17N. The molecular weight excluding hydrogens is 98.1 g/mol. The Bertz CT molecular complexity index is 37.7. The minimum Gasteiger partial charge on any atom is -0.333 e. The minimum absolute atomic E-state index is 1.05. The van der Waals surface area contributed by atoms with Crippen LogP contribution in [0.1, 0.15) is 32.6 Å². The number of hydrogen-bond acceptors (Lipinski definition) is 1. The van der Waals surface area contributed by atoms with Crippen LogP contribution in [-0.4, -0.2) is 7.05 Å². The molecule has 1 nitrogen and oxygen atoms in total. The summed E-state index contributed by atoms with van der Waals surface area (Å²) in [4.78, 5) is 0. The third-order valence-electron chi connectivity index (χ3n) is 1.64. The lowest BCUT2D eigenvalue weighted by Crippen LogP contribution is -1.78. The normalized spacial score (nSPS) is 19.9. The van der Waals surface area contributed by atoms with Crippen LogP contribution in [0.4, 0.5) is 0 Å². The van der Waals surface area contributed by atoms with Crippen molar-refractivity contribution in [2.75, 3.05) is 7.05 Å². The topological polar surface area (TPSA) is 26.0 Å². The Morgan fingerprint density at radius 2 is 1.50 bits per heavy atom. The highest BCUT2D eigenvalue weighted by Gasteiger charge is 2.07. The first-order valence-electron chi connectivity index (χ1n) is 3.47. The molecule has 0 radical (unpaired) electrons. The van der Waals surface area contributed by atoms with Crippen molar-refractivity contribution in [2.24, 2.45) is 11.7 Å². The fraction of sp³-hybridized carbons (Fsp3) is 1.00. The Balaban J connectivity index is 0.000000222. The van der Waals surface area contributed by atoms with E-state index >= 15 is 0 Å². The molecule has 0 aromatic heterocycles. The summed E-state index contributed by atoms with van der Waals surface area (Å²) < 4.78 is 0. The Morgan fingerprint density at radius 3 is 1.62 bits per heavy atom. The molecule has 8 heavy (non-hydrogen) atoms. The highest BCUT2D eigenvalue weighted by atomic mass is 14.4. The fourth-order valence-electron chi connectivity index (χ4n) is 1.13. The number of nitrogens with two attached hydrogens (primary N) is 1. The number of rotatable bonds is 0. The standard InChI is InChI=1S/C6H12.CH5N/c1-6-4-2-3-5-6;1-2/h6H,2-5H2,1H3;2H2,1H3. The Labute approximate surface area is 52.3 Å².